The van der Waals surface area contributed by atoms with Crippen LogP contribution in [0.4, 0.5) is 4.39 Å². The van der Waals surface area contributed by atoms with Crippen molar-refractivity contribution in [2.45, 2.75) is 25.8 Å². The minimum Gasteiger partial charge on any atom is -0.496 e. The normalized spacial score (nSPS) is 12.5. The van der Waals surface area contributed by atoms with Gasteiger partial charge in [-0.05, 0) is 29.2 Å². The van der Waals surface area contributed by atoms with E-state index in [4.69, 9.17) is 10.5 Å². The van der Waals surface area contributed by atoms with Gasteiger partial charge in [-0.1, -0.05) is 44.2 Å². The van der Waals surface area contributed by atoms with Crippen LogP contribution in [0.2, 0.25) is 0 Å². The van der Waals surface area contributed by atoms with Crippen LogP contribution in [0.5, 0.6) is 5.75 Å². The summed E-state index contributed by atoms with van der Waals surface area (Å²) in [6, 6.07) is 12.2. The number of halogens is 1. The summed E-state index contributed by atoms with van der Waals surface area (Å²) >= 11 is 0. The molecule has 0 radical (unpaired) electrons. The molecule has 0 aliphatic carbocycles. The molecule has 0 aliphatic rings. The number of hydrogen-bond acceptors (Lipinski definition) is 2. The van der Waals surface area contributed by atoms with Crippen molar-refractivity contribution in [2.75, 3.05) is 7.11 Å². The van der Waals surface area contributed by atoms with E-state index in [9.17, 15) is 4.39 Å². The Morgan fingerprint density at radius 1 is 1.00 bits per heavy atom. The molecule has 0 saturated carbocycles. The monoisotopic (exact) mass is 273 g/mol. The van der Waals surface area contributed by atoms with E-state index >= 15 is 0 Å². The highest BCUT2D eigenvalue weighted by atomic mass is 19.1. The molecule has 1 atom stereocenters. The summed E-state index contributed by atoms with van der Waals surface area (Å²) in [4.78, 5) is 0. The maximum absolute atomic E-state index is 14.0. The first-order valence-corrected chi connectivity index (χ1v) is 6.72. The number of benzene rings is 2. The summed E-state index contributed by atoms with van der Waals surface area (Å²) in [5, 5.41) is 0. The van der Waals surface area contributed by atoms with E-state index < -0.39 is 6.04 Å². The minimum absolute atomic E-state index is 0.343. The van der Waals surface area contributed by atoms with Crippen LogP contribution in [0.1, 0.15) is 42.5 Å². The highest BCUT2D eigenvalue weighted by molar-refractivity contribution is 5.42. The third kappa shape index (κ3) is 2.83. The largest absolute Gasteiger partial charge is 0.496 e. The Hall–Kier alpha value is -1.87. The summed E-state index contributed by atoms with van der Waals surface area (Å²) in [7, 11) is 1.52. The van der Waals surface area contributed by atoms with Crippen molar-refractivity contribution in [3.05, 3.63) is 65.0 Å². The van der Waals surface area contributed by atoms with Crippen molar-refractivity contribution in [3.8, 4) is 5.75 Å². The van der Waals surface area contributed by atoms with Gasteiger partial charge >= 0.3 is 0 Å². The lowest BCUT2D eigenvalue weighted by Crippen LogP contribution is -2.15. The average molecular weight is 273 g/mol. The van der Waals surface area contributed by atoms with E-state index in [2.05, 4.69) is 13.8 Å². The van der Waals surface area contributed by atoms with Gasteiger partial charge in [-0.15, -0.1) is 0 Å². The van der Waals surface area contributed by atoms with Gasteiger partial charge in [0.15, 0.2) is 0 Å². The summed E-state index contributed by atoms with van der Waals surface area (Å²) in [6.45, 7) is 4.27. The summed E-state index contributed by atoms with van der Waals surface area (Å²) < 4.78 is 19.2. The Labute approximate surface area is 119 Å². The van der Waals surface area contributed by atoms with Gasteiger partial charge in [0.05, 0.1) is 18.7 Å². The van der Waals surface area contributed by atoms with Crippen LogP contribution >= 0.6 is 0 Å². The van der Waals surface area contributed by atoms with E-state index in [1.54, 1.807) is 12.1 Å². The van der Waals surface area contributed by atoms with Gasteiger partial charge in [-0.3, -0.25) is 0 Å². The summed E-state index contributed by atoms with van der Waals surface area (Å²) in [5.41, 5.74) is 8.71. The zero-order chi connectivity index (χ0) is 14.7. The van der Waals surface area contributed by atoms with Crippen LogP contribution in [-0.2, 0) is 0 Å². The minimum atomic E-state index is -0.535. The molecule has 0 saturated heterocycles. The summed E-state index contributed by atoms with van der Waals surface area (Å²) in [6.07, 6.45) is 0. The molecule has 1 unspecified atom stereocenters. The van der Waals surface area contributed by atoms with Crippen LogP contribution < -0.4 is 10.5 Å². The van der Waals surface area contributed by atoms with Crippen LogP contribution in [0.25, 0.3) is 0 Å². The Morgan fingerprint density at radius 3 is 2.15 bits per heavy atom. The molecule has 0 fully saturated rings. The lowest BCUT2D eigenvalue weighted by atomic mass is 9.95. The molecular weight excluding hydrogens is 253 g/mol. The predicted molar refractivity (Wildman–Crippen MR) is 79.5 cm³/mol. The molecule has 2 N–H and O–H groups in total. The molecule has 20 heavy (non-hydrogen) atoms. The molecule has 0 spiro atoms. The molecule has 106 valence electrons. The first-order valence-electron chi connectivity index (χ1n) is 6.72. The van der Waals surface area contributed by atoms with Crippen molar-refractivity contribution in [3.63, 3.8) is 0 Å². The van der Waals surface area contributed by atoms with E-state index in [1.165, 1.54) is 18.7 Å². The number of rotatable bonds is 4. The van der Waals surface area contributed by atoms with Gasteiger partial charge in [0, 0.05) is 0 Å². The fourth-order valence-electron chi connectivity index (χ4n) is 2.25. The number of hydrogen-bond donors (Lipinski definition) is 1. The zero-order valence-corrected chi connectivity index (χ0v) is 12.1. The van der Waals surface area contributed by atoms with Crippen molar-refractivity contribution >= 4 is 0 Å². The topological polar surface area (TPSA) is 35.2 Å². The third-order valence-electron chi connectivity index (χ3n) is 3.51. The average Bonchev–Trinajstić information content (AvgIpc) is 2.46. The Kier molecular flexibility index (Phi) is 4.40. The Morgan fingerprint density at radius 2 is 1.60 bits per heavy atom. The first-order chi connectivity index (χ1) is 9.54. The number of methoxy groups -OCH3 is 1. The van der Waals surface area contributed by atoms with Gasteiger partial charge in [0.25, 0.3) is 0 Å². The van der Waals surface area contributed by atoms with E-state index in [0.717, 1.165) is 5.56 Å². The molecule has 2 rings (SSSR count). The summed E-state index contributed by atoms with van der Waals surface area (Å²) in [5.74, 6) is 0.596. The second-order valence-corrected chi connectivity index (χ2v) is 5.15. The van der Waals surface area contributed by atoms with Crippen LogP contribution in [0.3, 0.4) is 0 Å². The second kappa shape index (κ2) is 6.06. The lowest BCUT2D eigenvalue weighted by Gasteiger charge is -2.17. The van der Waals surface area contributed by atoms with Gasteiger partial charge in [-0.25, -0.2) is 4.39 Å². The Balaban J connectivity index is 2.38. The molecule has 2 aromatic carbocycles. The van der Waals surface area contributed by atoms with Gasteiger partial charge in [0.2, 0.25) is 0 Å². The van der Waals surface area contributed by atoms with Gasteiger partial charge < -0.3 is 10.5 Å². The molecule has 0 aliphatic heterocycles. The highest BCUT2D eigenvalue weighted by Crippen LogP contribution is 2.31. The molecule has 0 aromatic heterocycles. The van der Waals surface area contributed by atoms with Crippen molar-refractivity contribution < 1.29 is 9.13 Å². The zero-order valence-electron chi connectivity index (χ0n) is 12.1. The lowest BCUT2D eigenvalue weighted by molar-refractivity contribution is 0.402. The van der Waals surface area contributed by atoms with Crippen LogP contribution in [0.15, 0.2) is 42.5 Å². The van der Waals surface area contributed by atoms with E-state index in [1.807, 2.05) is 24.3 Å². The van der Waals surface area contributed by atoms with Gasteiger partial charge in [0.1, 0.15) is 11.6 Å². The van der Waals surface area contributed by atoms with E-state index in [-0.39, 0.29) is 5.82 Å². The first kappa shape index (κ1) is 14.5. The SMILES string of the molecule is COc1cccc(F)c1C(N)c1ccc(C(C)C)cc1. The maximum atomic E-state index is 14.0. The molecule has 0 amide bonds. The fourth-order valence-corrected chi connectivity index (χ4v) is 2.25. The second-order valence-electron chi connectivity index (χ2n) is 5.15. The standard InChI is InChI=1S/C17H20FNO/c1-11(2)12-7-9-13(10-8-12)17(19)16-14(18)5-4-6-15(16)20-3/h4-11,17H,19H2,1-3H3. The fraction of sp³-hybridized carbons (Fsp3) is 0.294. The predicted octanol–water partition coefficient (Wildman–Crippen LogP) is 4.01. The van der Waals surface area contributed by atoms with Crippen LogP contribution in [-0.4, -0.2) is 7.11 Å². The quantitative estimate of drug-likeness (QED) is 0.913. The third-order valence-corrected chi connectivity index (χ3v) is 3.51. The molecule has 3 heteroatoms. The molecular formula is C17H20FNO. The molecule has 2 aromatic rings. The van der Waals surface area contributed by atoms with Gasteiger partial charge in [-0.2, -0.15) is 0 Å². The number of nitrogens with two attached hydrogens (primary N) is 1. The van der Waals surface area contributed by atoms with Crippen molar-refractivity contribution in [1.29, 1.82) is 0 Å². The number of ether oxygens (including phenoxy) is 1. The highest BCUT2D eigenvalue weighted by Gasteiger charge is 2.18. The van der Waals surface area contributed by atoms with Crippen molar-refractivity contribution in [1.82, 2.24) is 0 Å². The maximum Gasteiger partial charge on any atom is 0.132 e. The van der Waals surface area contributed by atoms with Crippen molar-refractivity contribution in [2.24, 2.45) is 5.73 Å². The molecule has 0 heterocycles. The smallest absolute Gasteiger partial charge is 0.132 e. The molecule has 2 nitrogen and oxygen atoms in total. The molecule has 0 bridgehead atoms. The van der Waals surface area contributed by atoms with Crippen LogP contribution in [0, 0.1) is 5.82 Å². The van der Waals surface area contributed by atoms with E-state index in [0.29, 0.717) is 17.2 Å². The Bertz CT molecular complexity index is 578.